The van der Waals surface area contributed by atoms with E-state index in [2.05, 4.69) is 41.5 Å². The lowest BCUT2D eigenvalue weighted by Gasteiger charge is -2.44. The summed E-state index contributed by atoms with van der Waals surface area (Å²) in [7, 11) is -1.96. The molecule has 0 aliphatic rings. The number of carbonyl (C=O) groups is 1. The maximum absolute atomic E-state index is 12.4. The molecule has 0 rings (SSSR count). The smallest absolute Gasteiger partial charge is 0.200 e. The van der Waals surface area contributed by atoms with Gasteiger partial charge in [0.25, 0.3) is 0 Å². The van der Waals surface area contributed by atoms with Gasteiger partial charge in [0.1, 0.15) is 5.78 Å². The molecule has 0 aromatic carbocycles. The van der Waals surface area contributed by atoms with E-state index in [1.54, 1.807) is 19.1 Å². The second-order valence-electron chi connectivity index (χ2n) is 7.72. The van der Waals surface area contributed by atoms with Crippen molar-refractivity contribution in [1.82, 2.24) is 0 Å². The van der Waals surface area contributed by atoms with Crippen LogP contribution in [0.2, 0.25) is 16.6 Å². The molecule has 0 aliphatic carbocycles. The average Bonchev–Trinajstić information content (AvgIpc) is 2.42. The van der Waals surface area contributed by atoms with Crippen LogP contribution in [0.1, 0.15) is 68.7 Å². The van der Waals surface area contributed by atoms with E-state index in [4.69, 9.17) is 4.43 Å². The fraction of sp³-hybridized carbons (Fsp3) is 0.842. The normalized spacial score (nSPS) is 17.3. The van der Waals surface area contributed by atoms with Crippen LogP contribution < -0.4 is 0 Å². The first-order valence-electron chi connectivity index (χ1n) is 9.01. The van der Waals surface area contributed by atoms with Crippen LogP contribution in [0.25, 0.3) is 0 Å². The summed E-state index contributed by atoms with van der Waals surface area (Å²) in [5.74, 6) is -0.312. The van der Waals surface area contributed by atoms with Crippen LogP contribution >= 0.6 is 0 Å². The SMILES string of the molecule is C/C=C/[C@@H](O)[C@@H](C)C(=O)C[C@H](C)O[Si](C(C)C)(C(C)C)C(C)C. The van der Waals surface area contributed by atoms with E-state index in [0.717, 1.165) is 0 Å². The molecule has 4 heteroatoms. The number of ketones is 1. The summed E-state index contributed by atoms with van der Waals surface area (Å²) in [6.45, 7) is 19.1. The number of aliphatic hydroxyl groups is 1. The standard InChI is InChI=1S/C19H38O3Si/c1-10-11-18(20)17(9)19(21)12-16(8)22-23(13(2)3,14(4)5)15(6)7/h10-11,13-18,20H,12H2,1-9H3/b11-10+/t16-,17+,18+/m0/s1. The Hall–Kier alpha value is -0.453. The van der Waals surface area contributed by atoms with Crippen LogP contribution in [0.5, 0.6) is 0 Å². The fourth-order valence-corrected chi connectivity index (χ4v) is 9.42. The molecule has 0 radical (unpaired) electrons. The Labute approximate surface area is 144 Å². The molecule has 136 valence electrons. The molecular weight excluding hydrogens is 304 g/mol. The highest BCUT2D eigenvalue weighted by atomic mass is 28.4. The first kappa shape index (κ1) is 22.5. The molecule has 0 unspecified atom stereocenters. The number of Topliss-reactive ketones (excluding diaryl/α,β-unsaturated/α-hetero) is 1. The molecule has 0 saturated carbocycles. The van der Waals surface area contributed by atoms with E-state index in [1.165, 1.54) is 0 Å². The van der Waals surface area contributed by atoms with Gasteiger partial charge in [0, 0.05) is 18.4 Å². The van der Waals surface area contributed by atoms with E-state index in [-0.39, 0.29) is 17.8 Å². The van der Waals surface area contributed by atoms with E-state index < -0.39 is 14.4 Å². The lowest BCUT2D eigenvalue weighted by molar-refractivity contribution is -0.126. The fourth-order valence-electron chi connectivity index (χ4n) is 3.82. The number of hydrogen-bond donors (Lipinski definition) is 1. The topological polar surface area (TPSA) is 46.5 Å². The predicted octanol–water partition coefficient (Wildman–Crippen LogP) is 5.10. The van der Waals surface area contributed by atoms with Gasteiger partial charge in [0.05, 0.1) is 6.10 Å². The van der Waals surface area contributed by atoms with Crippen LogP contribution in [-0.2, 0) is 9.22 Å². The van der Waals surface area contributed by atoms with Crippen LogP contribution in [-0.4, -0.2) is 31.4 Å². The molecule has 0 amide bonds. The molecule has 0 saturated heterocycles. The Bertz CT molecular complexity index is 366. The van der Waals surface area contributed by atoms with Gasteiger partial charge in [-0.2, -0.15) is 0 Å². The zero-order valence-electron chi connectivity index (χ0n) is 16.6. The third-order valence-electron chi connectivity index (χ3n) is 5.01. The summed E-state index contributed by atoms with van der Waals surface area (Å²) in [4.78, 5) is 12.4. The number of hydrogen-bond acceptors (Lipinski definition) is 3. The third-order valence-corrected chi connectivity index (χ3v) is 11.2. The van der Waals surface area contributed by atoms with Crippen molar-refractivity contribution in [3.8, 4) is 0 Å². The van der Waals surface area contributed by atoms with Gasteiger partial charge in [0.2, 0.25) is 8.32 Å². The van der Waals surface area contributed by atoms with Crippen molar-refractivity contribution in [2.24, 2.45) is 5.92 Å². The Morgan fingerprint density at radius 3 is 1.78 bits per heavy atom. The quantitative estimate of drug-likeness (QED) is 0.444. The molecule has 0 aliphatic heterocycles. The Balaban J connectivity index is 5.03. The summed E-state index contributed by atoms with van der Waals surface area (Å²) in [6, 6.07) is 0. The van der Waals surface area contributed by atoms with Crippen LogP contribution in [0.4, 0.5) is 0 Å². The molecule has 3 nitrogen and oxygen atoms in total. The number of rotatable bonds is 10. The van der Waals surface area contributed by atoms with Crippen LogP contribution in [0.15, 0.2) is 12.2 Å². The number of allylic oxidation sites excluding steroid dienone is 1. The summed E-state index contributed by atoms with van der Waals surface area (Å²) in [5.41, 5.74) is 1.52. The lowest BCUT2D eigenvalue weighted by Crippen LogP contribution is -2.50. The van der Waals surface area contributed by atoms with Gasteiger partial charge in [0.15, 0.2) is 0 Å². The first-order valence-corrected chi connectivity index (χ1v) is 11.2. The summed E-state index contributed by atoms with van der Waals surface area (Å²) in [6.07, 6.45) is 3.02. The molecule has 0 fully saturated rings. The van der Waals surface area contributed by atoms with Gasteiger partial charge in [-0.25, -0.2) is 0 Å². The van der Waals surface area contributed by atoms with Gasteiger partial charge in [-0.1, -0.05) is 60.6 Å². The van der Waals surface area contributed by atoms with Gasteiger partial charge in [-0.3, -0.25) is 4.79 Å². The molecule has 0 spiro atoms. The zero-order valence-corrected chi connectivity index (χ0v) is 17.6. The first-order chi connectivity index (χ1) is 10.5. The highest BCUT2D eigenvalue weighted by Crippen LogP contribution is 2.43. The lowest BCUT2D eigenvalue weighted by atomic mass is 9.95. The monoisotopic (exact) mass is 342 g/mol. The molecule has 3 atom stereocenters. The Morgan fingerprint density at radius 1 is 1.00 bits per heavy atom. The molecule has 23 heavy (non-hydrogen) atoms. The molecule has 0 heterocycles. The second kappa shape index (κ2) is 9.75. The van der Waals surface area contributed by atoms with Crippen molar-refractivity contribution in [2.45, 2.75) is 97.6 Å². The summed E-state index contributed by atoms with van der Waals surface area (Å²) in [5, 5.41) is 9.96. The Kier molecular flexibility index (Phi) is 9.56. The Morgan fingerprint density at radius 2 is 1.43 bits per heavy atom. The van der Waals surface area contributed by atoms with Gasteiger partial charge in [-0.15, -0.1) is 0 Å². The minimum absolute atomic E-state index is 0.0715. The molecule has 0 aromatic heterocycles. The predicted molar refractivity (Wildman–Crippen MR) is 101 cm³/mol. The van der Waals surface area contributed by atoms with Gasteiger partial charge >= 0.3 is 0 Å². The molecule has 1 N–H and O–H groups in total. The third kappa shape index (κ3) is 5.84. The number of carbonyl (C=O) groups excluding carboxylic acids is 1. The maximum atomic E-state index is 12.4. The minimum atomic E-state index is -1.96. The van der Waals surface area contributed by atoms with E-state index in [0.29, 0.717) is 23.0 Å². The second-order valence-corrected chi connectivity index (χ2v) is 13.1. The van der Waals surface area contributed by atoms with Crippen LogP contribution in [0, 0.1) is 5.92 Å². The summed E-state index contributed by atoms with van der Waals surface area (Å²) < 4.78 is 6.60. The minimum Gasteiger partial charge on any atom is -0.413 e. The number of aliphatic hydroxyl groups excluding tert-OH is 1. The van der Waals surface area contributed by atoms with Crippen molar-refractivity contribution in [2.75, 3.05) is 0 Å². The average molecular weight is 343 g/mol. The van der Waals surface area contributed by atoms with Crippen molar-refractivity contribution < 1.29 is 14.3 Å². The van der Waals surface area contributed by atoms with Gasteiger partial charge < -0.3 is 9.53 Å². The van der Waals surface area contributed by atoms with Crippen molar-refractivity contribution >= 4 is 14.1 Å². The van der Waals surface area contributed by atoms with E-state index >= 15 is 0 Å². The van der Waals surface area contributed by atoms with Crippen molar-refractivity contribution in [1.29, 1.82) is 0 Å². The molecule has 0 aromatic rings. The zero-order chi connectivity index (χ0) is 18.4. The van der Waals surface area contributed by atoms with Crippen molar-refractivity contribution in [3.63, 3.8) is 0 Å². The maximum Gasteiger partial charge on any atom is 0.200 e. The van der Waals surface area contributed by atoms with E-state index in [1.807, 2.05) is 13.8 Å². The molecule has 0 bridgehead atoms. The van der Waals surface area contributed by atoms with Crippen LogP contribution in [0.3, 0.4) is 0 Å². The summed E-state index contributed by atoms with van der Waals surface area (Å²) >= 11 is 0. The molecular formula is C19H38O3Si. The highest BCUT2D eigenvalue weighted by molar-refractivity contribution is 6.77. The largest absolute Gasteiger partial charge is 0.413 e. The van der Waals surface area contributed by atoms with Gasteiger partial charge in [-0.05, 0) is 30.5 Å². The highest BCUT2D eigenvalue weighted by Gasteiger charge is 2.46. The van der Waals surface area contributed by atoms with E-state index in [9.17, 15) is 9.90 Å². The van der Waals surface area contributed by atoms with Crippen molar-refractivity contribution in [3.05, 3.63) is 12.2 Å².